The van der Waals surface area contributed by atoms with E-state index in [0.29, 0.717) is 10.6 Å². The van der Waals surface area contributed by atoms with Crippen LogP contribution in [-0.4, -0.2) is 12.2 Å². The Bertz CT molecular complexity index is 525. The maximum absolute atomic E-state index is 13.5. The number of benzene rings is 1. The van der Waals surface area contributed by atoms with E-state index in [9.17, 15) is 13.9 Å². The van der Waals surface area contributed by atoms with Crippen molar-refractivity contribution in [3.05, 3.63) is 51.7 Å². The molecular weight excluding hydrogens is 246 g/mol. The highest BCUT2D eigenvalue weighted by molar-refractivity contribution is 7.10. The molecule has 0 aliphatic rings. The minimum absolute atomic E-state index is 0.0919. The van der Waals surface area contributed by atoms with E-state index in [-0.39, 0.29) is 5.56 Å². The highest BCUT2D eigenvalue weighted by Crippen LogP contribution is 2.35. The topological polar surface area (TPSA) is 29.5 Å². The highest BCUT2D eigenvalue weighted by atomic mass is 32.1. The number of ether oxygens (including phenoxy) is 1. The normalized spacial score (nSPS) is 12.5. The fourth-order valence-corrected chi connectivity index (χ4v) is 2.41. The smallest absolute Gasteiger partial charge is 0.164 e. The first-order valence-electron chi connectivity index (χ1n) is 4.88. The number of hydrogen-bond acceptors (Lipinski definition) is 3. The standard InChI is InChI=1S/C12H10F2O2S/c1-16-9-5-6-17-12(9)11(15)7-3-2-4-8(13)10(7)14/h2-6,11,15H,1H3. The second-order valence-electron chi connectivity index (χ2n) is 3.40. The Morgan fingerprint density at radius 1 is 1.29 bits per heavy atom. The third-order valence-corrected chi connectivity index (χ3v) is 3.35. The largest absolute Gasteiger partial charge is 0.495 e. The zero-order chi connectivity index (χ0) is 12.4. The molecular formula is C12H10F2O2S. The molecule has 2 aromatic rings. The lowest BCUT2D eigenvalue weighted by Gasteiger charge is -2.12. The Morgan fingerprint density at radius 2 is 2.06 bits per heavy atom. The van der Waals surface area contributed by atoms with Gasteiger partial charge < -0.3 is 9.84 Å². The van der Waals surface area contributed by atoms with Crippen LogP contribution in [0.2, 0.25) is 0 Å². The molecule has 1 N–H and O–H groups in total. The van der Waals surface area contributed by atoms with Crippen molar-refractivity contribution in [3.8, 4) is 5.75 Å². The van der Waals surface area contributed by atoms with Crippen LogP contribution in [-0.2, 0) is 0 Å². The molecule has 1 unspecified atom stereocenters. The first-order chi connectivity index (χ1) is 8.15. The molecule has 2 nitrogen and oxygen atoms in total. The maximum Gasteiger partial charge on any atom is 0.164 e. The van der Waals surface area contributed by atoms with Crippen LogP contribution < -0.4 is 4.74 Å². The monoisotopic (exact) mass is 256 g/mol. The predicted octanol–water partition coefficient (Wildman–Crippen LogP) is 3.12. The average molecular weight is 256 g/mol. The lowest BCUT2D eigenvalue weighted by molar-refractivity contribution is 0.212. The molecule has 0 saturated heterocycles. The molecule has 1 aromatic heterocycles. The summed E-state index contributed by atoms with van der Waals surface area (Å²) in [5, 5.41) is 11.7. The molecule has 0 saturated carbocycles. The number of aliphatic hydroxyl groups is 1. The minimum Gasteiger partial charge on any atom is -0.495 e. The van der Waals surface area contributed by atoms with Crippen LogP contribution in [0, 0.1) is 11.6 Å². The summed E-state index contributed by atoms with van der Waals surface area (Å²) in [6.07, 6.45) is -1.22. The molecule has 1 aromatic carbocycles. The molecule has 0 aliphatic carbocycles. The zero-order valence-corrected chi connectivity index (χ0v) is 9.80. The van der Waals surface area contributed by atoms with Gasteiger partial charge in [0, 0.05) is 5.56 Å². The van der Waals surface area contributed by atoms with Gasteiger partial charge in [0.1, 0.15) is 11.9 Å². The van der Waals surface area contributed by atoms with E-state index in [1.165, 1.54) is 30.6 Å². The van der Waals surface area contributed by atoms with Gasteiger partial charge in [-0.05, 0) is 17.5 Å². The lowest BCUT2D eigenvalue weighted by Crippen LogP contribution is -2.03. The van der Waals surface area contributed by atoms with E-state index < -0.39 is 17.7 Å². The number of methoxy groups -OCH3 is 1. The van der Waals surface area contributed by atoms with Crippen molar-refractivity contribution in [3.63, 3.8) is 0 Å². The number of aliphatic hydroxyl groups excluding tert-OH is 1. The van der Waals surface area contributed by atoms with Crippen LogP contribution in [0.4, 0.5) is 8.78 Å². The molecule has 1 heterocycles. The Balaban J connectivity index is 2.44. The van der Waals surface area contributed by atoms with E-state index >= 15 is 0 Å². The Hall–Kier alpha value is -1.46. The van der Waals surface area contributed by atoms with Gasteiger partial charge in [0.2, 0.25) is 0 Å². The van der Waals surface area contributed by atoms with Crippen molar-refractivity contribution < 1.29 is 18.6 Å². The molecule has 17 heavy (non-hydrogen) atoms. The molecule has 5 heteroatoms. The third kappa shape index (κ3) is 2.16. The summed E-state index contributed by atoms with van der Waals surface area (Å²) in [6, 6.07) is 5.39. The van der Waals surface area contributed by atoms with Crippen molar-refractivity contribution in [1.29, 1.82) is 0 Å². The summed E-state index contributed by atoms with van der Waals surface area (Å²) in [5.41, 5.74) is -0.0919. The molecule has 0 bridgehead atoms. The van der Waals surface area contributed by atoms with E-state index in [1.807, 2.05) is 0 Å². The van der Waals surface area contributed by atoms with Gasteiger partial charge in [-0.1, -0.05) is 12.1 Å². The van der Waals surface area contributed by atoms with Gasteiger partial charge in [0.25, 0.3) is 0 Å². The summed E-state index contributed by atoms with van der Waals surface area (Å²) in [5.74, 6) is -1.54. The second-order valence-corrected chi connectivity index (χ2v) is 4.35. The highest BCUT2D eigenvalue weighted by Gasteiger charge is 2.21. The van der Waals surface area contributed by atoms with Crippen LogP contribution in [0.5, 0.6) is 5.75 Å². The predicted molar refractivity (Wildman–Crippen MR) is 61.3 cm³/mol. The van der Waals surface area contributed by atoms with Crippen molar-refractivity contribution in [2.24, 2.45) is 0 Å². The van der Waals surface area contributed by atoms with Gasteiger partial charge in [0.05, 0.1) is 12.0 Å². The van der Waals surface area contributed by atoms with E-state index in [4.69, 9.17) is 4.74 Å². The van der Waals surface area contributed by atoms with Gasteiger partial charge in [-0.3, -0.25) is 0 Å². The van der Waals surface area contributed by atoms with E-state index in [1.54, 1.807) is 11.4 Å². The first-order valence-corrected chi connectivity index (χ1v) is 5.76. The van der Waals surface area contributed by atoms with Gasteiger partial charge >= 0.3 is 0 Å². The molecule has 0 aliphatic heterocycles. The molecule has 90 valence electrons. The number of rotatable bonds is 3. The van der Waals surface area contributed by atoms with Gasteiger partial charge in [0.15, 0.2) is 11.6 Å². The first kappa shape index (κ1) is 12.0. The summed E-state index contributed by atoms with van der Waals surface area (Å²) >= 11 is 1.23. The molecule has 1 atom stereocenters. The molecule has 0 fully saturated rings. The summed E-state index contributed by atoms with van der Waals surface area (Å²) in [7, 11) is 1.46. The number of hydrogen-bond donors (Lipinski definition) is 1. The van der Waals surface area contributed by atoms with Crippen LogP contribution in [0.15, 0.2) is 29.6 Å². The SMILES string of the molecule is COc1ccsc1C(O)c1cccc(F)c1F. The molecule has 0 spiro atoms. The fourth-order valence-electron chi connectivity index (χ4n) is 1.55. The van der Waals surface area contributed by atoms with E-state index in [0.717, 1.165) is 6.07 Å². The Kier molecular flexibility index (Phi) is 3.40. The summed E-state index contributed by atoms with van der Waals surface area (Å²) < 4.78 is 31.6. The summed E-state index contributed by atoms with van der Waals surface area (Å²) in [6.45, 7) is 0. The third-order valence-electron chi connectivity index (χ3n) is 2.40. The molecule has 0 amide bonds. The van der Waals surface area contributed by atoms with Crippen LogP contribution in [0.1, 0.15) is 16.5 Å². The van der Waals surface area contributed by atoms with Crippen molar-refractivity contribution >= 4 is 11.3 Å². The Labute approximate surface area is 101 Å². The maximum atomic E-state index is 13.5. The molecule has 2 rings (SSSR count). The lowest BCUT2D eigenvalue weighted by atomic mass is 10.1. The summed E-state index contributed by atoms with van der Waals surface area (Å²) in [4.78, 5) is 0.456. The number of thiophene rings is 1. The quantitative estimate of drug-likeness (QED) is 0.914. The van der Waals surface area contributed by atoms with Crippen LogP contribution >= 0.6 is 11.3 Å². The fraction of sp³-hybridized carbons (Fsp3) is 0.167. The van der Waals surface area contributed by atoms with Crippen molar-refractivity contribution in [2.45, 2.75) is 6.10 Å². The van der Waals surface area contributed by atoms with Crippen molar-refractivity contribution in [2.75, 3.05) is 7.11 Å². The minimum atomic E-state index is -1.22. The van der Waals surface area contributed by atoms with Crippen molar-refractivity contribution in [1.82, 2.24) is 0 Å². The van der Waals surface area contributed by atoms with Gasteiger partial charge in [-0.2, -0.15) is 0 Å². The van der Waals surface area contributed by atoms with Crippen LogP contribution in [0.3, 0.4) is 0 Å². The second kappa shape index (κ2) is 4.81. The zero-order valence-electron chi connectivity index (χ0n) is 8.98. The average Bonchev–Trinajstić information content (AvgIpc) is 2.80. The molecule has 0 radical (unpaired) electrons. The van der Waals surface area contributed by atoms with Gasteiger partial charge in [-0.15, -0.1) is 11.3 Å². The van der Waals surface area contributed by atoms with E-state index in [2.05, 4.69) is 0 Å². The number of halogens is 2. The van der Waals surface area contributed by atoms with Crippen LogP contribution in [0.25, 0.3) is 0 Å². The Morgan fingerprint density at radius 3 is 2.76 bits per heavy atom. The van der Waals surface area contributed by atoms with Gasteiger partial charge in [-0.25, -0.2) is 8.78 Å².